The fraction of sp³-hybridized carbons (Fsp3) is 0.333. The molecule has 0 amide bonds. The zero-order chi connectivity index (χ0) is 23.9. The summed E-state index contributed by atoms with van der Waals surface area (Å²) < 4.78 is 0. The standard InChI is InChI=1S/C21H22N6O2S4/c1-9-15(11(3)28)32-19(22-9)26-17-24-13(7-30-17)21(5,6)14-8-31-18(25-14)27-20-23-10(2)16(33-20)12(4)29/h7-8H,1-6H3,(H,22,24,26)(H,23,25,27). The van der Waals surface area contributed by atoms with Gasteiger partial charge in [-0.25, -0.2) is 19.9 Å². The second-order valence-electron chi connectivity index (χ2n) is 7.93. The number of carbonyl (C=O) groups is 2. The lowest BCUT2D eigenvalue weighted by molar-refractivity contribution is 0.101. The maximum atomic E-state index is 11.7. The monoisotopic (exact) mass is 518 g/mol. The molecule has 8 nitrogen and oxygen atoms in total. The molecule has 0 aliphatic heterocycles. The first-order valence-electron chi connectivity index (χ1n) is 9.97. The van der Waals surface area contributed by atoms with Crippen molar-refractivity contribution in [3.8, 4) is 0 Å². The predicted molar refractivity (Wildman–Crippen MR) is 137 cm³/mol. The van der Waals surface area contributed by atoms with Gasteiger partial charge in [0, 0.05) is 24.6 Å². The van der Waals surface area contributed by atoms with Crippen LogP contribution in [0.15, 0.2) is 10.8 Å². The van der Waals surface area contributed by atoms with Gasteiger partial charge in [0.15, 0.2) is 32.1 Å². The molecule has 0 saturated carbocycles. The van der Waals surface area contributed by atoms with Gasteiger partial charge >= 0.3 is 0 Å². The van der Waals surface area contributed by atoms with Crippen molar-refractivity contribution in [3.05, 3.63) is 43.3 Å². The maximum absolute atomic E-state index is 11.7. The van der Waals surface area contributed by atoms with Crippen molar-refractivity contribution in [3.63, 3.8) is 0 Å². The number of ketones is 2. The van der Waals surface area contributed by atoms with Crippen LogP contribution in [0.1, 0.15) is 69.8 Å². The third kappa shape index (κ3) is 4.88. The van der Waals surface area contributed by atoms with Crippen molar-refractivity contribution >= 4 is 77.4 Å². The molecular weight excluding hydrogens is 497 g/mol. The molecule has 0 saturated heterocycles. The van der Waals surface area contributed by atoms with E-state index in [1.54, 1.807) is 13.8 Å². The second-order valence-corrected chi connectivity index (χ2v) is 11.6. The zero-order valence-corrected chi connectivity index (χ0v) is 22.2. The first-order valence-corrected chi connectivity index (χ1v) is 13.4. The van der Waals surface area contributed by atoms with Crippen LogP contribution in [0.2, 0.25) is 0 Å². The summed E-state index contributed by atoms with van der Waals surface area (Å²) in [7, 11) is 0. The summed E-state index contributed by atoms with van der Waals surface area (Å²) in [6, 6.07) is 0. The molecule has 2 N–H and O–H groups in total. The normalized spacial score (nSPS) is 11.6. The number of thiazole rings is 4. The number of nitrogens with one attached hydrogen (secondary N) is 2. The van der Waals surface area contributed by atoms with Crippen LogP contribution in [0, 0.1) is 13.8 Å². The van der Waals surface area contributed by atoms with E-state index in [0.717, 1.165) is 22.8 Å². The fourth-order valence-electron chi connectivity index (χ4n) is 3.10. The van der Waals surface area contributed by atoms with Crippen molar-refractivity contribution in [2.75, 3.05) is 10.6 Å². The van der Waals surface area contributed by atoms with Crippen molar-refractivity contribution in [1.29, 1.82) is 0 Å². The zero-order valence-electron chi connectivity index (χ0n) is 18.9. The summed E-state index contributed by atoms with van der Waals surface area (Å²) in [5, 5.41) is 13.2. The summed E-state index contributed by atoms with van der Waals surface area (Å²) in [6.45, 7) is 10.9. The molecule has 0 unspecified atom stereocenters. The van der Waals surface area contributed by atoms with Gasteiger partial charge in [0.05, 0.1) is 37.9 Å². The highest BCUT2D eigenvalue weighted by Gasteiger charge is 2.29. The molecule has 33 heavy (non-hydrogen) atoms. The smallest absolute Gasteiger partial charge is 0.189 e. The van der Waals surface area contributed by atoms with E-state index in [-0.39, 0.29) is 11.6 Å². The summed E-state index contributed by atoms with van der Waals surface area (Å²) in [5.41, 5.74) is 2.80. The van der Waals surface area contributed by atoms with Crippen LogP contribution in [-0.2, 0) is 5.41 Å². The quantitative estimate of drug-likeness (QED) is 0.260. The van der Waals surface area contributed by atoms with Gasteiger partial charge < -0.3 is 10.6 Å². The highest BCUT2D eigenvalue weighted by atomic mass is 32.1. The number of anilines is 4. The molecule has 4 aromatic heterocycles. The number of rotatable bonds is 8. The molecule has 4 rings (SSSR count). The van der Waals surface area contributed by atoms with Crippen LogP contribution >= 0.6 is 45.3 Å². The van der Waals surface area contributed by atoms with Crippen LogP contribution in [-0.4, -0.2) is 31.5 Å². The minimum atomic E-state index is -0.417. The summed E-state index contributed by atoms with van der Waals surface area (Å²) in [6.07, 6.45) is 0. The molecule has 0 atom stereocenters. The summed E-state index contributed by atoms with van der Waals surface area (Å²) in [4.78, 5) is 43.0. The van der Waals surface area contributed by atoms with Crippen molar-refractivity contribution in [2.45, 2.75) is 47.0 Å². The van der Waals surface area contributed by atoms with Crippen molar-refractivity contribution in [2.24, 2.45) is 0 Å². The molecule has 0 aliphatic carbocycles. The van der Waals surface area contributed by atoms with Gasteiger partial charge in [0.25, 0.3) is 0 Å². The van der Waals surface area contributed by atoms with Crippen LogP contribution in [0.4, 0.5) is 20.5 Å². The van der Waals surface area contributed by atoms with E-state index < -0.39 is 5.41 Å². The molecular formula is C21H22N6O2S4. The Bertz CT molecular complexity index is 1250. The number of aryl methyl sites for hydroxylation is 2. The highest BCUT2D eigenvalue weighted by molar-refractivity contribution is 7.19. The molecule has 0 aliphatic rings. The van der Waals surface area contributed by atoms with Crippen LogP contribution < -0.4 is 10.6 Å². The molecule has 4 aromatic rings. The van der Waals surface area contributed by atoms with Crippen LogP contribution in [0.25, 0.3) is 0 Å². The largest absolute Gasteiger partial charge is 0.307 e. The van der Waals surface area contributed by atoms with Gasteiger partial charge in [0.2, 0.25) is 0 Å². The first-order chi connectivity index (χ1) is 15.5. The first kappa shape index (κ1) is 23.6. The molecule has 12 heteroatoms. The SMILES string of the molecule is CC(=O)c1sc(Nc2nc(C(C)(C)c3csc(Nc4nc(C)c(C(C)=O)s4)n3)cs2)nc1C. The molecule has 4 heterocycles. The van der Waals surface area contributed by atoms with Gasteiger partial charge in [-0.3, -0.25) is 9.59 Å². The topological polar surface area (TPSA) is 110 Å². The van der Waals surface area contributed by atoms with E-state index >= 15 is 0 Å². The number of hydrogen-bond donors (Lipinski definition) is 2. The van der Waals surface area contributed by atoms with E-state index in [9.17, 15) is 9.59 Å². The van der Waals surface area contributed by atoms with Gasteiger partial charge in [-0.2, -0.15) is 0 Å². The molecule has 0 radical (unpaired) electrons. The Hall–Kier alpha value is -2.54. The van der Waals surface area contributed by atoms with E-state index in [4.69, 9.17) is 9.97 Å². The number of aromatic nitrogens is 4. The average Bonchev–Trinajstić information content (AvgIpc) is 3.50. The Morgan fingerprint density at radius 3 is 1.45 bits per heavy atom. The van der Waals surface area contributed by atoms with Crippen molar-refractivity contribution in [1.82, 2.24) is 19.9 Å². The third-order valence-electron chi connectivity index (χ3n) is 4.95. The maximum Gasteiger partial charge on any atom is 0.189 e. The lowest BCUT2D eigenvalue weighted by Gasteiger charge is -2.19. The molecule has 0 spiro atoms. The van der Waals surface area contributed by atoms with E-state index in [1.807, 2.05) is 24.6 Å². The van der Waals surface area contributed by atoms with Crippen molar-refractivity contribution < 1.29 is 9.59 Å². The van der Waals surface area contributed by atoms with Gasteiger partial charge in [0.1, 0.15) is 0 Å². The number of Topliss-reactive ketones (excluding diaryl/α,β-unsaturated/α-hetero) is 2. The second kappa shape index (κ2) is 9.01. The van der Waals surface area contributed by atoms with Crippen LogP contribution in [0.3, 0.4) is 0 Å². The highest BCUT2D eigenvalue weighted by Crippen LogP contribution is 2.37. The Kier molecular flexibility index (Phi) is 6.45. The van der Waals surface area contributed by atoms with Gasteiger partial charge in [-0.15, -0.1) is 22.7 Å². The molecule has 0 fully saturated rings. The van der Waals surface area contributed by atoms with Gasteiger partial charge in [-0.05, 0) is 27.7 Å². The minimum absolute atomic E-state index is 0.0115. The lowest BCUT2D eigenvalue weighted by atomic mass is 9.87. The fourth-order valence-corrected chi connectivity index (χ4v) is 6.71. The summed E-state index contributed by atoms with van der Waals surface area (Å²) in [5.74, 6) is 0.0229. The Labute approximate surface area is 207 Å². The molecule has 0 aromatic carbocycles. The minimum Gasteiger partial charge on any atom is -0.307 e. The van der Waals surface area contributed by atoms with Crippen LogP contribution in [0.5, 0.6) is 0 Å². The van der Waals surface area contributed by atoms with E-state index in [0.29, 0.717) is 30.3 Å². The van der Waals surface area contributed by atoms with Gasteiger partial charge in [-0.1, -0.05) is 22.7 Å². The summed E-state index contributed by atoms with van der Waals surface area (Å²) >= 11 is 5.64. The Morgan fingerprint density at radius 1 is 0.727 bits per heavy atom. The lowest BCUT2D eigenvalue weighted by Crippen LogP contribution is -2.20. The molecule has 172 valence electrons. The average molecular weight is 519 g/mol. The number of nitrogens with zero attached hydrogens (tertiary/aromatic N) is 4. The predicted octanol–water partition coefficient (Wildman–Crippen LogP) is 6.35. The number of carbonyl (C=O) groups excluding carboxylic acids is 2. The number of hydrogen-bond acceptors (Lipinski definition) is 12. The van der Waals surface area contributed by atoms with E-state index in [2.05, 4.69) is 34.4 Å². The Morgan fingerprint density at radius 2 is 1.12 bits per heavy atom. The Balaban J connectivity index is 1.50. The third-order valence-corrected chi connectivity index (χ3v) is 8.81. The van der Waals surface area contributed by atoms with E-state index in [1.165, 1.54) is 45.3 Å². The molecule has 0 bridgehead atoms.